The van der Waals surface area contributed by atoms with Crippen molar-refractivity contribution in [2.24, 2.45) is 5.92 Å². The van der Waals surface area contributed by atoms with Gasteiger partial charge in [-0.3, -0.25) is 4.79 Å². The molecule has 4 heteroatoms. The van der Waals surface area contributed by atoms with Gasteiger partial charge in [-0.05, 0) is 30.7 Å². The largest absolute Gasteiger partial charge is 0.302 e. The molecule has 0 saturated carbocycles. The number of nitrogens with zero attached hydrogens (tertiary/aromatic N) is 1. The minimum absolute atomic E-state index is 0.0776. The first-order valence-corrected chi connectivity index (χ1v) is 8.37. The number of fused-ring (bicyclic) bond motifs is 3. The third kappa shape index (κ3) is 2.40. The Morgan fingerprint density at radius 3 is 2.95 bits per heavy atom. The average molecular weight is 308 g/mol. The highest BCUT2D eigenvalue weighted by Gasteiger charge is 2.20. The molecule has 1 aromatic heterocycles. The van der Waals surface area contributed by atoms with Crippen LogP contribution in [0.15, 0.2) is 48.6 Å². The van der Waals surface area contributed by atoms with Gasteiger partial charge in [0.1, 0.15) is 0 Å². The highest BCUT2D eigenvalue weighted by Crippen LogP contribution is 2.32. The summed E-state index contributed by atoms with van der Waals surface area (Å²) in [5.74, 6) is 0.168. The van der Waals surface area contributed by atoms with Crippen LogP contribution >= 0.6 is 11.3 Å². The van der Waals surface area contributed by atoms with E-state index in [-0.39, 0.29) is 11.8 Å². The van der Waals surface area contributed by atoms with Crippen molar-refractivity contribution in [3.8, 4) is 0 Å². The number of rotatable bonds is 2. The molecular formula is C18H16N2OS. The van der Waals surface area contributed by atoms with E-state index in [1.165, 1.54) is 5.39 Å². The molecule has 0 fully saturated rings. The van der Waals surface area contributed by atoms with Crippen molar-refractivity contribution in [3.05, 3.63) is 48.6 Å². The van der Waals surface area contributed by atoms with Crippen LogP contribution in [-0.2, 0) is 4.79 Å². The zero-order valence-electron chi connectivity index (χ0n) is 12.1. The Morgan fingerprint density at radius 2 is 2.09 bits per heavy atom. The zero-order valence-corrected chi connectivity index (χ0v) is 12.9. The summed E-state index contributed by atoms with van der Waals surface area (Å²) in [4.78, 5) is 17.0. The van der Waals surface area contributed by atoms with Gasteiger partial charge in [0.2, 0.25) is 5.91 Å². The number of nitrogens with one attached hydrogen (secondary N) is 1. The van der Waals surface area contributed by atoms with Crippen LogP contribution in [0.3, 0.4) is 0 Å². The molecule has 1 heterocycles. The smallest absolute Gasteiger partial charge is 0.229 e. The number of anilines is 1. The summed E-state index contributed by atoms with van der Waals surface area (Å²) >= 11 is 1.54. The first kappa shape index (κ1) is 13.5. The maximum Gasteiger partial charge on any atom is 0.229 e. The average Bonchev–Trinajstić information content (AvgIpc) is 2.98. The van der Waals surface area contributed by atoms with Gasteiger partial charge >= 0.3 is 0 Å². The Bertz CT molecular complexity index is 881. The van der Waals surface area contributed by atoms with E-state index in [9.17, 15) is 4.79 Å². The van der Waals surface area contributed by atoms with E-state index < -0.39 is 0 Å². The number of hydrogen-bond donors (Lipinski definition) is 1. The van der Waals surface area contributed by atoms with Crippen LogP contribution in [0.4, 0.5) is 5.13 Å². The Kier molecular flexibility index (Phi) is 3.39. The van der Waals surface area contributed by atoms with Gasteiger partial charge in [0.25, 0.3) is 0 Å². The Labute approximate surface area is 132 Å². The molecule has 2 aromatic carbocycles. The SMILES string of the molecule is O=C(Nc1nc2c(ccc3ccccc32)s1)C1CC=CCC1. The van der Waals surface area contributed by atoms with Crippen molar-refractivity contribution < 1.29 is 4.79 Å². The number of benzene rings is 2. The molecule has 0 aliphatic heterocycles. The number of thiazole rings is 1. The van der Waals surface area contributed by atoms with E-state index in [2.05, 4.69) is 46.7 Å². The third-order valence-corrected chi connectivity index (χ3v) is 5.09. The summed E-state index contributed by atoms with van der Waals surface area (Å²) in [5, 5.41) is 6.01. The van der Waals surface area contributed by atoms with Gasteiger partial charge in [0, 0.05) is 11.3 Å². The lowest BCUT2D eigenvalue weighted by atomic mass is 9.94. The lowest BCUT2D eigenvalue weighted by Gasteiger charge is -2.15. The van der Waals surface area contributed by atoms with Gasteiger partial charge in [0.15, 0.2) is 5.13 Å². The van der Waals surface area contributed by atoms with E-state index in [0.717, 1.165) is 34.9 Å². The molecule has 3 nitrogen and oxygen atoms in total. The minimum atomic E-state index is 0.0776. The van der Waals surface area contributed by atoms with Crippen molar-refractivity contribution in [3.63, 3.8) is 0 Å². The summed E-state index contributed by atoms with van der Waals surface area (Å²) in [5.41, 5.74) is 0.974. The first-order valence-electron chi connectivity index (χ1n) is 7.55. The molecule has 1 amide bonds. The molecule has 0 bridgehead atoms. The van der Waals surface area contributed by atoms with Gasteiger partial charge in [-0.1, -0.05) is 53.8 Å². The number of amides is 1. The summed E-state index contributed by atoms with van der Waals surface area (Å²) in [6, 6.07) is 12.4. The van der Waals surface area contributed by atoms with Crippen LogP contribution in [0, 0.1) is 5.92 Å². The number of carbonyl (C=O) groups is 1. The van der Waals surface area contributed by atoms with Gasteiger partial charge in [0.05, 0.1) is 10.2 Å². The Morgan fingerprint density at radius 1 is 1.18 bits per heavy atom. The van der Waals surface area contributed by atoms with E-state index in [0.29, 0.717) is 5.13 Å². The van der Waals surface area contributed by atoms with Gasteiger partial charge in [-0.15, -0.1) is 0 Å². The predicted octanol–water partition coefficient (Wildman–Crippen LogP) is 4.74. The molecule has 3 aromatic rings. The molecule has 110 valence electrons. The number of allylic oxidation sites excluding steroid dienone is 2. The minimum Gasteiger partial charge on any atom is -0.302 e. The fraction of sp³-hybridized carbons (Fsp3) is 0.222. The Balaban J connectivity index is 1.66. The van der Waals surface area contributed by atoms with Gasteiger partial charge in [-0.25, -0.2) is 4.98 Å². The first-order chi connectivity index (χ1) is 10.8. The number of aromatic nitrogens is 1. The molecule has 1 unspecified atom stereocenters. The molecule has 0 radical (unpaired) electrons. The monoisotopic (exact) mass is 308 g/mol. The summed E-state index contributed by atoms with van der Waals surface area (Å²) in [6.07, 6.45) is 6.99. The molecule has 0 saturated heterocycles. The maximum atomic E-state index is 12.3. The molecule has 1 aliphatic carbocycles. The normalized spacial score (nSPS) is 17.9. The van der Waals surface area contributed by atoms with E-state index in [1.54, 1.807) is 11.3 Å². The molecular weight excluding hydrogens is 292 g/mol. The standard InChI is InChI=1S/C18H16N2OS/c21-17(13-7-2-1-3-8-13)20-18-19-16-14-9-5-4-6-12(14)10-11-15(16)22-18/h1-2,4-6,9-11,13H,3,7-8H2,(H,19,20,21). The highest BCUT2D eigenvalue weighted by atomic mass is 32.1. The maximum absolute atomic E-state index is 12.3. The van der Waals surface area contributed by atoms with Crippen molar-refractivity contribution in [1.82, 2.24) is 4.98 Å². The van der Waals surface area contributed by atoms with E-state index in [4.69, 9.17) is 0 Å². The second-order valence-electron chi connectivity index (χ2n) is 5.62. The number of hydrogen-bond acceptors (Lipinski definition) is 3. The fourth-order valence-corrected chi connectivity index (χ4v) is 3.84. The second-order valence-corrected chi connectivity index (χ2v) is 6.65. The summed E-state index contributed by atoms with van der Waals surface area (Å²) < 4.78 is 1.11. The van der Waals surface area contributed by atoms with E-state index in [1.807, 2.05) is 12.1 Å². The topological polar surface area (TPSA) is 42.0 Å². The zero-order chi connectivity index (χ0) is 14.9. The Hall–Kier alpha value is -2.20. The lowest BCUT2D eigenvalue weighted by molar-refractivity contribution is -0.120. The van der Waals surface area contributed by atoms with Crippen LogP contribution in [0.25, 0.3) is 21.0 Å². The van der Waals surface area contributed by atoms with Crippen molar-refractivity contribution in [1.29, 1.82) is 0 Å². The summed E-state index contributed by atoms with van der Waals surface area (Å²) in [6.45, 7) is 0. The van der Waals surface area contributed by atoms with Crippen LogP contribution in [0.5, 0.6) is 0 Å². The van der Waals surface area contributed by atoms with Gasteiger partial charge in [-0.2, -0.15) is 0 Å². The predicted molar refractivity (Wildman–Crippen MR) is 92.2 cm³/mol. The number of carbonyl (C=O) groups excluding carboxylic acids is 1. The lowest BCUT2D eigenvalue weighted by Crippen LogP contribution is -2.23. The van der Waals surface area contributed by atoms with Crippen LogP contribution in [-0.4, -0.2) is 10.9 Å². The molecule has 0 spiro atoms. The van der Waals surface area contributed by atoms with Crippen LogP contribution in [0.1, 0.15) is 19.3 Å². The second kappa shape index (κ2) is 5.54. The molecule has 4 rings (SSSR count). The van der Waals surface area contributed by atoms with Crippen LogP contribution in [0.2, 0.25) is 0 Å². The van der Waals surface area contributed by atoms with E-state index >= 15 is 0 Å². The highest BCUT2D eigenvalue weighted by molar-refractivity contribution is 7.22. The molecule has 1 N–H and O–H groups in total. The van der Waals surface area contributed by atoms with Crippen molar-refractivity contribution in [2.45, 2.75) is 19.3 Å². The quantitative estimate of drug-likeness (QED) is 0.694. The van der Waals surface area contributed by atoms with Crippen LogP contribution < -0.4 is 5.32 Å². The third-order valence-electron chi connectivity index (χ3n) is 4.15. The fourth-order valence-electron chi connectivity index (χ4n) is 2.95. The van der Waals surface area contributed by atoms with Crippen molar-refractivity contribution >= 4 is 43.4 Å². The summed E-state index contributed by atoms with van der Waals surface area (Å²) in [7, 11) is 0. The van der Waals surface area contributed by atoms with Crippen molar-refractivity contribution in [2.75, 3.05) is 5.32 Å². The van der Waals surface area contributed by atoms with Gasteiger partial charge < -0.3 is 5.32 Å². The molecule has 1 atom stereocenters. The molecule has 1 aliphatic rings. The molecule has 22 heavy (non-hydrogen) atoms.